The lowest BCUT2D eigenvalue weighted by atomic mass is 10.1. The third-order valence-corrected chi connectivity index (χ3v) is 3.76. The molecule has 2 aliphatic heterocycles. The lowest BCUT2D eigenvalue weighted by Gasteiger charge is -2.20. The van der Waals surface area contributed by atoms with Crippen molar-refractivity contribution in [1.29, 1.82) is 0 Å². The van der Waals surface area contributed by atoms with Crippen LogP contribution in [-0.4, -0.2) is 31.0 Å². The Kier molecular flexibility index (Phi) is 3.90. The fourth-order valence-electron chi connectivity index (χ4n) is 2.58. The summed E-state index contributed by atoms with van der Waals surface area (Å²) >= 11 is 0. The molecule has 0 aliphatic carbocycles. The number of fused-ring (bicyclic) bond motifs is 1. The summed E-state index contributed by atoms with van der Waals surface area (Å²) in [7, 11) is 0. The molecule has 2 heterocycles. The second kappa shape index (κ2) is 5.99. The van der Waals surface area contributed by atoms with Crippen molar-refractivity contribution in [3.63, 3.8) is 0 Å². The van der Waals surface area contributed by atoms with Gasteiger partial charge in [0, 0.05) is 12.1 Å². The van der Waals surface area contributed by atoms with Crippen LogP contribution < -0.4 is 15.4 Å². The fraction of sp³-hybridized carbons (Fsp3) is 0.375. The van der Waals surface area contributed by atoms with Crippen molar-refractivity contribution in [2.75, 3.05) is 13.2 Å². The van der Waals surface area contributed by atoms with Crippen molar-refractivity contribution in [2.45, 2.75) is 25.3 Å². The summed E-state index contributed by atoms with van der Waals surface area (Å²) in [6.07, 6.45) is 4.39. The molecule has 3 rings (SSSR count). The molecule has 5 heteroatoms. The van der Waals surface area contributed by atoms with Crippen LogP contribution in [0.5, 0.6) is 5.75 Å². The fourth-order valence-corrected chi connectivity index (χ4v) is 2.58. The van der Waals surface area contributed by atoms with Crippen molar-refractivity contribution in [1.82, 2.24) is 10.6 Å². The molecule has 2 amide bonds. The van der Waals surface area contributed by atoms with Crippen LogP contribution in [0.3, 0.4) is 0 Å². The predicted molar refractivity (Wildman–Crippen MR) is 78.7 cm³/mol. The van der Waals surface area contributed by atoms with Gasteiger partial charge in [0.2, 0.25) is 5.91 Å². The van der Waals surface area contributed by atoms with E-state index in [0.29, 0.717) is 18.5 Å². The van der Waals surface area contributed by atoms with Gasteiger partial charge in [-0.3, -0.25) is 9.59 Å². The maximum atomic E-state index is 12.3. The highest BCUT2D eigenvalue weighted by Crippen LogP contribution is 2.25. The van der Waals surface area contributed by atoms with Crippen molar-refractivity contribution in [3.8, 4) is 5.75 Å². The van der Waals surface area contributed by atoms with Crippen LogP contribution in [0.15, 0.2) is 29.8 Å². The van der Waals surface area contributed by atoms with Gasteiger partial charge in [-0.1, -0.05) is 18.2 Å². The molecule has 1 saturated heterocycles. The Morgan fingerprint density at radius 3 is 3.05 bits per heavy atom. The monoisotopic (exact) mass is 286 g/mol. The SMILES string of the molecule is O=C(N[C@@H]1CCCCNC1=O)C1=Cc2ccccc2OC1. The number of rotatable bonds is 2. The number of para-hydroxylation sites is 1. The third kappa shape index (κ3) is 3.07. The first-order valence-electron chi connectivity index (χ1n) is 7.25. The van der Waals surface area contributed by atoms with Crippen molar-refractivity contribution >= 4 is 17.9 Å². The zero-order valence-corrected chi connectivity index (χ0v) is 11.7. The van der Waals surface area contributed by atoms with Crippen LogP contribution in [0.1, 0.15) is 24.8 Å². The van der Waals surface area contributed by atoms with E-state index >= 15 is 0 Å². The molecule has 5 nitrogen and oxygen atoms in total. The minimum Gasteiger partial charge on any atom is -0.488 e. The van der Waals surface area contributed by atoms with Gasteiger partial charge in [0.15, 0.2) is 0 Å². The molecule has 110 valence electrons. The molecule has 2 N–H and O–H groups in total. The zero-order valence-electron chi connectivity index (χ0n) is 11.7. The summed E-state index contributed by atoms with van der Waals surface area (Å²) in [6.45, 7) is 0.918. The molecule has 1 aromatic rings. The second-order valence-corrected chi connectivity index (χ2v) is 5.31. The highest BCUT2D eigenvalue weighted by Gasteiger charge is 2.25. The summed E-state index contributed by atoms with van der Waals surface area (Å²) in [5.74, 6) is 0.450. The van der Waals surface area contributed by atoms with E-state index in [1.54, 1.807) is 0 Å². The molecule has 21 heavy (non-hydrogen) atoms. The van der Waals surface area contributed by atoms with Crippen LogP contribution in [0.4, 0.5) is 0 Å². The second-order valence-electron chi connectivity index (χ2n) is 5.31. The molecular weight excluding hydrogens is 268 g/mol. The van der Waals surface area contributed by atoms with Crippen LogP contribution in [0.2, 0.25) is 0 Å². The Bertz CT molecular complexity index is 595. The lowest BCUT2D eigenvalue weighted by Crippen LogP contribution is -2.46. The van der Waals surface area contributed by atoms with Crippen molar-refractivity contribution < 1.29 is 14.3 Å². The lowest BCUT2D eigenvalue weighted by molar-refractivity contribution is -0.127. The van der Waals surface area contributed by atoms with Gasteiger partial charge in [0.25, 0.3) is 5.91 Å². The molecule has 1 atom stereocenters. The van der Waals surface area contributed by atoms with Crippen LogP contribution in [-0.2, 0) is 9.59 Å². The van der Waals surface area contributed by atoms with Gasteiger partial charge in [-0.25, -0.2) is 0 Å². The highest BCUT2D eigenvalue weighted by atomic mass is 16.5. The summed E-state index contributed by atoms with van der Waals surface area (Å²) in [6, 6.07) is 7.13. The van der Waals surface area contributed by atoms with Gasteiger partial charge < -0.3 is 15.4 Å². The number of amides is 2. The van der Waals surface area contributed by atoms with Crippen molar-refractivity contribution in [2.24, 2.45) is 0 Å². The maximum absolute atomic E-state index is 12.3. The van der Waals surface area contributed by atoms with Crippen LogP contribution in [0.25, 0.3) is 6.08 Å². The normalized spacial score (nSPS) is 21.2. The van der Waals surface area contributed by atoms with Gasteiger partial charge in [0.1, 0.15) is 18.4 Å². The Morgan fingerprint density at radius 1 is 1.29 bits per heavy atom. The number of carbonyl (C=O) groups is 2. The molecular formula is C16H18N2O3. The molecule has 2 aliphatic rings. The molecule has 0 unspecified atom stereocenters. The number of nitrogens with one attached hydrogen (secondary N) is 2. The first-order valence-corrected chi connectivity index (χ1v) is 7.25. The number of hydrogen-bond acceptors (Lipinski definition) is 3. The van der Waals surface area contributed by atoms with E-state index in [1.807, 2.05) is 30.3 Å². The van der Waals surface area contributed by atoms with E-state index in [9.17, 15) is 9.59 Å². The smallest absolute Gasteiger partial charge is 0.251 e. The van der Waals surface area contributed by atoms with Gasteiger partial charge in [-0.15, -0.1) is 0 Å². The van der Waals surface area contributed by atoms with E-state index < -0.39 is 6.04 Å². The van der Waals surface area contributed by atoms with Crippen LogP contribution in [0, 0.1) is 0 Å². The van der Waals surface area contributed by atoms with Gasteiger partial charge in [-0.2, -0.15) is 0 Å². The van der Waals surface area contributed by atoms with E-state index in [2.05, 4.69) is 10.6 Å². The maximum Gasteiger partial charge on any atom is 0.251 e. The minimum atomic E-state index is -0.446. The Morgan fingerprint density at radius 2 is 2.14 bits per heavy atom. The molecule has 0 spiro atoms. The highest BCUT2D eigenvalue weighted by molar-refractivity contribution is 6.01. The predicted octanol–water partition coefficient (Wildman–Crippen LogP) is 1.25. The Hall–Kier alpha value is -2.30. The average Bonchev–Trinajstić information content (AvgIpc) is 2.72. The standard InChI is InChI=1S/C16H18N2O3/c19-15(18-13-6-3-4-8-17-16(13)20)12-9-11-5-1-2-7-14(11)21-10-12/h1-2,5,7,9,13H,3-4,6,8,10H2,(H,17,20)(H,18,19)/t13-/m1/s1. The topological polar surface area (TPSA) is 67.4 Å². The quantitative estimate of drug-likeness (QED) is 0.859. The Balaban J connectivity index is 1.71. The van der Waals surface area contributed by atoms with Gasteiger partial charge in [0.05, 0.1) is 5.57 Å². The number of carbonyl (C=O) groups excluding carboxylic acids is 2. The average molecular weight is 286 g/mol. The first-order chi connectivity index (χ1) is 10.2. The number of benzene rings is 1. The minimum absolute atomic E-state index is 0.0985. The van der Waals surface area contributed by atoms with Gasteiger partial charge in [-0.05, 0) is 31.4 Å². The summed E-state index contributed by atoms with van der Waals surface area (Å²) in [4.78, 5) is 24.1. The van der Waals surface area contributed by atoms with E-state index in [4.69, 9.17) is 4.74 Å². The third-order valence-electron chi connectivity index (χ3n) is 3.76. The number of ether oxygens (including phenoxy) is 1. The summed E-state index contributed by atoms with van der Waals surface area (Å²) in [5, 5.41) is 5.62. The molecule has 0 aromatic heterocycles. The molecule has 1 aromatic carbocycles. The van der Waals surface area contributed by atoms with Crippen molar-refractivity contribution in [3.05, 3.63) is 35.4 Å². The molecule has 1 fully saturated rings. The van der Waals surface area contributed by atoms with E-state index in [-0.39, 0.29) is 18.4 Å². The molecule has 0 saturated carbocycles. The molecule has 0 radical (unpaired) electrons. The Labute approximate surface area is 123 Å². The zero-order chi connectivity index (χ0) is 14.7. The van der Waals surface area contributed by atoms with Gasteiger partial charge >= 0.3 is 0 Å². The number of hydrogen-bond donors (Lipinski definition) is 2. The molecule has 0 bridgehead atoms. The summed E-state index contributed by atoms with van der Waals surface area (Å²) < 4.78 is 5.57. The van der Waals surface area contributed by atoms with E-state index in [0.717, 1.165) is 24.2 Å². The summed E-state index contributed by atoms with van der Waals surface area (Å²) in [5.41, 5.74) is 1.44. The van der Waals surface area contributed by atoms with E-state index in [1.165, 1.54) is 0 Å². The largest absolute Gasteiger partial charge is 0.488 e. The first kappa shape index (κ1) is 13.7. The van der Waals surface area contributed by atoms with Crippen LogP contribution >= 0.6 is 0 Å².